The number of hydrogen-bond acceptors (Lipinski definition) is 7. The smallest absolute Gasteiger partial charge is 0.353 e. The molecule has 4 N–H and O–H groups in total. The first-order valence-corrected chi connectivity index (χ1v) is 10.9. The molecule has 4 rings (SSSR count). The van der Waals surface area contributed by atoms with Gasteiger partial charge in [-0.2, -0.15) is 0 Å². The summed E-state index contributed by atoms with van der Waals surface area (Å²) in [6.07, 6.45) is -0.180. The minimum atomic E-state index is -1.12. The summed E-state index contributed by atoms with van der Waals surface area (Å²) in [6.45, 7) is 5.34. The van der Waals surface area contributed by atoms with Gasteiger partial charge in [-0.25, -0.2) is 4.79 Å². The average Bonchev–Trinajstić information content (AvgIpc) is 3.08. The van der Waals surface area contributed by atoms with Crippen molar-refractivity contribution in [2.75, 3.05) is 26.7 Å². The molecular weight excluding hydrogens is 396 g/mol. The average molecular weight is 425 g/mol. The van der Waals surface area contributed by atoms with Gasteiger partial charge in [0.15, 0.2) is 0 Å². The lowest BCUT2D eigenvalue weighted by Gasteiger charge is -2.46. The number of likely N-dealkylation sites (N-methyl/N-ethyl adjacent to an activating group) is 1. The van der Waals surface area contributed by atoms with Crippen LogP contribution in [-0.2, 0) is 14.4 Å². The van der Waals surface area contributed by atoms with Crippen molar-refractivity contribution in [3.8, 4) is 0 Å². The molecule has 4 aliphatic rings. The number of likely N-dealkylation sites (tertiary alicyclic amines) is 2. The summed E-state index contributed by atoms with van der Waals surface area (Å²) in [7, 11) is 1.91. The van der Waals surface area contributed by atoms with E-state index in [1.807, 2.05) is 18.9 Å². The number of aliphatic hydroxyl groups excluding tert-OH is 1. The van der Waals surface area contributed by atoms with Gasteiger partial charge in [-0.15, -0.1) is 11.8 Å². The Morgan fingerprint density at radius 1 is 1.28 bits per heavy atom. The predicted molar refractivity (Wildman–Crippen MR) is 107 cm³/mol. The molecule has 29 heavy (non-hydrogen) atoms. The van der Waals surface area contributed by atoms with Crippen LogP contribution in [0.15, 0.2) is 10.6 Å². The van der Waals surface area contributed by atoms with Crippen molar-refractivity contribution in [3.63, 3.8) is 0 Å². The topological polar surface area (TPSA) is 127 Å². The van der Waals surface area contributed by atoms with Crippen LogP contribution in [0, 0.1) is 11.8 Å². The number of carbonyl (C=O) groups excluding carboxylic acids is 2. The third-order valence-corrected chi connectivity index (χ3v) is 8.12. The van der Waals surface area contributed by atoms with E-state index < -0.39 is 18.0 Å². The lowest BCUT2D eigenvalue weighted by Crippen LogP contribution is -2.63. The number of aliphatic carboxylic acids is 1. The second-order valence-electron chi connectivity index (χ2n) is 8.71. The Kier molecular flexibility index (Phi) is 5.17. The normalized spacial score (nSPS) is 36.2. The van der Waals surface area contributed by atoms with Crippen molar-refractivity contribution in [3.05, 3.63) is 10.6 Å². The molecule has 0 aromatic heterocycles. The maximum Gasteiger partial charge on any atom is 0.353 e. The van der Waals surface area contributed by atoms with Gasteiger partial charge < -0.3 is 25.7 Å². The summed E-state index contributed by atoms with van der Waals surface area (Å²) in [4.78, 5) is 42.9. The Bertz CT molecular complexity index is 781. The fourth-order valence-electron chi connectivity index (χ4n) is 5.09. The van der Waals surface area contributed by atoms with Crippen LogP contribution in [0.25, 0.3) is 0 Å². The fraction of sp³-hybridized carbons (Fsp3) is 0.737. The molecule has 0 bridgehead atoms. The molecule has 3 saturated heterocycles. The van der Waals surface area contributed by atoms with Gasteiger partial charge in [0.2, 0.25) is 11.8 Å². The van der Waals surface area contributed by atoms with Crippen molar-refractivity contribution in [2.45, 2.75) is 49.7 Å². The molecule has 0 aliphatic carbocycles. The Hall–Kier alpha value is -1.62. The molecule has 2 amide bonds. The zero-order valence-corrected chi connectivity index (χ0v) is 17.6. The van der Waals surface area contributed by atoms with Gasteiger partial charge in [0.25, 0.3) is 0 Å². The van der Waals surface area contributed by atoms with Crippen molar-refractivity contribution >= 4 is 29.5 Å². The zero-order valence-electron chi connectivity index (χ0n) is 16.8. The number of amides is 2. The first-order chi connectivity index (χ1) is 13.6. The summed E-state index contributed by atoms with van der Waals surface area (Å²) in [5, 5.41) is 19.8. The van der Waals surface area contributed by atoms with Crippen molar-refractivity contribution < 1.29 is 24.6 Å². The van der Waals surface area contributed by atoms with E-state index in [-0.39, 0.29) is 46.8 Å². The van der Waals surface area contributed by atoms with Crippen LogP contribution < -0.4 is 5.73 Å². The van der Waals surface area contributed by atoms with Gasteiger partial charge in [-0.3, -0.25) is 14.5 Å². The Morgan fingerprint density at radius 2 is 1.93 bits per heavy atom. The van der Waals surface area contributed by atoms with Crippen molar-refractivity contribution in [1.82, 2.24) is 14.7 Å². The van der Waals surface area contributed by atoms with Crippen LogP contribution in [0.3, 0.4) is 0 Å². The van der Waals surface area contributed by atoms with Crippen LogP contribution in [0.1, 0.15) is 20.3 Å². The third-order valence-electron chi connectivity index (χ3n) is 6.62. The predicted octanol–water partition coefficient (Wildman–Crippen LogP) is -0.884. The molecule has 6 atom stereocenters. The number of fused-ring (bicyclic) bond motifs is 1. The standard InChI is InChI=1S/C19H28N4O5S/c1-8-14-13(9(2)24)18(26)23(14)15(19(27)28)16(8)29-11-4-12(21(3)7-11)17(25)22-5-10(20)6-22/h8-14,24H,4-7,20H2,1-3H3,(H,27,28)/t8-,9?,11+,12+,13-,14-/m1/s1. The first-order valence-electron chi connectivity index (χ1n) is 10.0. The van der Waals surface area contributed by atoms with Crippen LogP contribution in [0.4, 0.5) is 0 Å². The number of hydrogen-bond donors (Lipinski definition) is 3. The van der Waals surface area contributed by atoms with E-state index in [0.29, 0.717) is 31.0 Å². The number of rotatable bonds is 5. The molecule has 0 aromatic carbocycles. The van der Waals surface area contributed by atoms with Crippen molar-refractivity contribution in [1.29, 1.82) is 0 Å². The number of carbonyl (C=O) groups is 3. The molecular formula is C19H28N4O5S. The van der Waals surface area contributed by atoms with Crippen LogP contribution in [0.2, 0.25) is 0 Å². The maximum absolute atomic E-state index is 12.7. The van der Waals surface area contributed by atoms with Gasteiger partial charge in [0, 0.05) is 41.7 Å². The van der Waals surface area contributed by atoms with E-state index in [0.717, 1.165) is 0 Å². The minimum Gasteiger partial charge on any atom is -0.477 e. The highest BCUT2D eigenvalue weighted by molar-refractivity contribution is 8.03. The van der Waals surface area contributed by atoms with E-state index in [1.54, 1.807) is 11.8 Å². The fourth-order valence-corrected chi connectivity index (χ4v) is 6.69. The molecule has 1 unspecified atom stereocenters. The second-order valence-corrected chi connectivity index (χ2v) is 10.0. The summed E-state index contributed by atoms with van der Waals surface area (Å²) in [6, 6.07) is -0.480. The second kappa shape index (κ2) is 7.26. The molecule has 160 valence electrons. The van der Waals surface area contributed by atoms with E-state index >= 15 is 0 Å². The van der Waals surface area contributed by atoms with Crippen LogP contribution in [-0.4, -0.2) is 98.9 Å². The van der Waals surface area contributed by atoms with E-state index in [1.165, 1.54) is 16.7 Å². The highest BCUT2D eigenvalue weighted by atomic mass is 32.2. The molecule has 0 aromatic rings. The number of thioether (sulfide) groups is 1. The molecule has 9 nitrogen and oxygen atoms in total. The lowest BCUT2D eigenvalue weighted by molar-refractivity contribution is -0.163. The van der Waals surface area contributed by atoms with E-state index in [2.05, 4.69) is 0 Å². The Morgan fingerprint density at radius 3 is 2.48 bits per heavy atom. The SMILES string of the molecule is CC(O)[C@H]1C(=O)N2C(C(=O)O)=C(S[C@H]3C[C@@H](C(=O)N4CC(N)C4)N(C)C3)[C@H](C)[C@H]12. The molecule has 0 saturated carbocycles. The maximum atomic E-state index is 12.7. The van der Waals surface area contributed by atoms with Crippen LogP contribution >= 0.6 is 11.8 Å². The van der Waals surface area contributed by atoms with Gasteiger partial charge in [0.05, 0.1) is 24.1 Å². The Balaban J connectivity index is 1.49. The summed E-state index contributed by atoms with van der Waals surface area (Å²) in [5.41, 5.74) is 5.83. The Labute approximate surface area is 173 Å². The molecule has 3 fully saturated rings. The van der Waals surface area contributed by atoms with Gasteiger partial charge >= 0.3 is 5.97 Å². The number of β-lactam (4-membered cyclic amide) rings is 1. The molecule has 10 heteroatoms. The van der Waals surface area contributed by atoms with Crippen LogP contribution in [0.5, 0.6) is 0 Å². The van der Waals surface area contributed by atoms with Gasteiger partial charge in [-0.05, 0) is 20.4 Å². The minimum absolute atomic E-state index is 0.0422. The lowest BCUT2D eigenvalue weighted by atomic mass is 9.79. The highest BCUT2D eigenvalue weighted by Gasteiger charge is 2.60. The quantitative estimate of drug-likeness (QED) is 0.486. The molecule has 4 aliphatic heterocycles. The largest absolute Gasteiger partial charge is 0.477 e. The van der Waals surface area contributed by atoms with Crippen molar-refractivity contribution in [2.24, 2.45) is 17.6 Å². The monoisotopic (exact) mass is 424 g/mol. The summed E-state index contributed by atoms with van der Waals surface area (Å²) >= 11 is 1.47. The number of nitrogens with two attached hydrogens (primary N) is 1. The van der Waals surface area contributed by atoms with E-state index in [4.69, 9.17) is 5.73 Å². The molecule has 0 spiro atoms. The first kappa shape index (κ1) is 20.6. The molecule has 4 heterocycles. The summed E-state index contributed by atoms with van der Waals surface area (Å²) in [5.74, 6) is -2.08. The number of nitrogens with zero attached hydrogens (tertiary/aromatic N) is 3. The van der Waals surface area contributed by atoms with E-state index in [9.17, 15) is 24.6 Å². The van der Waals surface area contributed by atoms with Gasteiger partial charge in [0.1, 0.15) is 5.70 Å². The molecule has 0 radical (unpaired) electrons. The zero-order chi connectivity index (χ0) is 21.2. The van der Waals surface area contributed by atoms with Gasteiger partial charge in [-0.1, -0.05) is 6.92 Å². The third kappa shape index (κ3) is 3.17. The number of carboxylic acids is 1. The number of aliphatic hydroxyl groups is 1. The highest BCUT2D eigenvalue weighted by Crippen LogP contribution is 2.52. The summed E-state index contributed by atoms with van der Waals surface area (Å²) < 4.78 is 0. The number of carboxylic acid groups (broad SMARTS) is 1.